The molecule has 2 heteroatoms. The van der Waals surface area contributed by atoms with Crippen LogP contribution < -0.4 is 4.74 Å². The number of methoxy groups -OCH3 is 1. The summed E-state index contributed by atoms with van der Waals surface area (Å²) in [4.78, 5) is 0. The summed E-state index contributed by atoms with van der Waals surface area (Å²) in [6.07, 6.45) is 11.5. The van der Waals surface area contributed by atoms with Crippen molar-refractivity contribution in [3.63, 3.8) is 0 Å². The van der Waals surface area contributed by atoms with Crippen molar-refractivity contribution in [2.75, 3.05) is 7.11 Å². The molecule has 2 aliphatic rings. The molecular weight excluding hydrogens is 380 g/mol. The van der Waals surface area contributed by atoms with Gasteiger partial charge in [-0.2, -0.15) is 0 Å². The Kier molecular flexibility index (Phi) is 7.72. The van der Waals surface area contributed by atoms with Crippen LogP contribution in [0.2, 0.25) is 0 Å². The smallest absolute Gasteiger partial charge is 0.123 e. The molecule has 0 aromatic heterocycles. The fraction of sp³-hybridized carbons (Fsp3) is 0.586. The van der Waals surface area contributed by atoms with Crippen molar-refractivity contribution in [3.8, 4) is 5.75 Å². The van der Waals surface area contributed by atoms with Gasteiger partial charge in [-0.25, -0.2) is 0 Å². The fourth-order valence-corrected chi connectivity index (χ4v) is 5.87. The minimum Gasteiger partial charge on any atom is -0.490 e. The Morgan fingerprint density at radius 3 is 2.26 bits per heavy atom. The predicted octanol–water partition coefficient (Wildman–Crippen LogP) is 7.80. The third kappa shape index (κ3) is 5.71. The van der Waals surface area contributed by atoms with Crippen LogP contribution in [0.4, 0.5) is 0 Å². The minimum absolute atomic E-state index is 0.315. The summed E-state index contributed by atoms with van der Waals surface area (Å²) >= 11 is 0. The molecule has 2 aliphatic carbocycles. The van der Waals surface area contributed by atoms with E-state index in [9.17, 15) is 0 Å². The minimum atomic E-state index is 0.315. The number of benzene rings is 2. The molecular formula is C29H40O2. The standard InChI is InChI=1S/C29H40O2/c1-4-22-19-26(30-3)16-17-27(20-22)31-29-11-6-5-10-28(29)24-14-12-23(13-15-24)25-9-7-8-21(2)18-25/h5-11,18,22-24,26-27H,4,12-17,19-20H2,1-3H3. The predicted molar refractivity (Wildman–Crippen MR) is 129 cm³/mol. The zero-order valence-electron chi connectivity index (χ0n) is 19.7. The molecule has 2 aromatic rings. The van der Waals surface area contributed by atoms with Crippen molar-refractivity contribution in [2.45, 2.75) is 95.7 Å². The first-order chi connectivity index (χ1) is 15.2. The van der Waals surface area contributed by atoms with Crippen LogP contribution in [-0.4, -0.2) is 19.3 Å². The zero-order valence-corrected chi connectivity index (χ0v) is 19.7. The molecule has 0 radical (unpaired) electrons. The number of para-hydroxylation sites is 1. The van der Waals surface area contributed by atoms with E-state index < -0.39 is 0 Å². The topological polar surface area (TPSA) is 18.5 Å². The Hall–Kier alpha value is -1.80. The van der Waals surface area contributed by atoms with Crippen LogP contribution in [0.1, 0.15) is 93.2 Å². The summed E-state index contributed by atoms with van der Waals surface area (Å²) in [7, 11) is 1.86. The van der Waals surface area contributed by atoms with Gasteiger partial charge in [-0.1, -0.05) is 61.4 Å². The molecule has 0 saturated heterocycles. The highest BCUT2D eigenvalue weighted by Crippen LogP contribution is 2.43. The van der Waals surface area contributed by atoms with Crippen LogP contribution in [0.15, 0.2) is 48.5 Å². The van der Waals surface area contributed by atoms with Gasteiger partial charge in [-0.3, -0.25) is 0 Å². The third-order valence-corrected chi connectivity index (χ3v) is 7.81. The quantitative estimate of drug-likeness (QED) is 0.444. The van der Waals surface area contributed by atoms with Gasteiger partial charge in [0.15, 0.2) is 0 Å². The average molecular weight is 421 g/mol. The van der Waals surface area contributed by atoms with E-state index in [0.717, 1.165) is 25.0 Å². The highest BCUT2D eigenvalue weighted by molar-refractivity contribution is 5.37. The number of ether oxygens (including phenoxy) is 2. The van der Waals surface area contributed by atoms with Crippen LogP contribution in [0.5, 0.6) is 5.75 Å². The molecule has 0 aliphatic heterocycles. The van der Waals surface area contributed by atoms with Crippen molar-refractivity contribution in [2.24, 2.45) is 5.92 Å². The van der Waals surface area contributed by atoms with Crippen molar-refractivity contribution in [1.82, 2.24) is 0 Å². The number of hydrogen-bond donors (Lipinski definition) is 0. The van der Waals surface area contributed by atoms with Gasteiger partial charge in [0.1, 0.15) is 5.75 Å². The molecule has 168 valence electrons. The maximum absolute atomic E-state index is 6.72. The van der Waals surface area contributed by atoms with Gasteiger partial charge in [-0.05, 0) is 93.2 Å². The maximum atomic E-state index is 6.72. The Balaban J connectivity index is 1.42. The molecule has 3 unspecified atom stereocenters. The summed E-state index contributed by atoms with van der Waals surface area (Å²) in [6, 6.07) is 18.0. The first kappa shape index (κ1) is 22.4. The van der Waals surface area contributed by atoms with Gasteiger partial charge in [0.05, 0.1) is 12.2 Å². The van der Waals surface area contributed by atoms with E-state index in [0.29, 0.717) is 30.0 Å². The normalized spacial score (nSPS) is 29.3. The Morgan fingerprint density at radius 2 is 1.52 bits per heavy atom. The second-order valence-corrected chi connectivity index (χ2v) is 9.92. The van der Waals surface area contributed by atoms with Crippen LogP contribution in [-0.2, 0) is 4.74 Å². The number of rotatable bonds is 6. The Labute approximate surface area is 189 Å². The summed E-state index contributed by atoms with van der Waals surface area (Å²) < 4.78 is 12.4. The zero-order chi connectivity index (χ0) is 21.6. The summed E-state index contributed by atoms with van der Waals surface area (Å²) in [5, 5.41) is 0. The molecule has 0 bridgehead atoms. The first-order valence-electron chi connectivity index (χ1n) is 12.5. The lowest BCUT2D eigenvalue weighted by Crippen LogP contribution is -2.20. The van der Waals surface area contributed by atoms with Crippen molar-refractivity contribution >= 4 is 0 Å². The van der Waals surface area contributed by atoms with Gasteiger partial charge in [0.2, 0.25) is 0 Å². The van der Waals surface area contributed by atoms with E-state index in [1.54, 1.807) is 0 Å². The van der Waals surface area contributed by atoms with Gasteiger partial charge in [-0.15, -0.1) is 0 Å². The number of aryl methyl sites for hydroxylation is 1. The summed E-state index contributed by atoms with van der Waals surface area (Å²) in [5.74, 6) is 3.17. The van der Waals surface area contributed by atoms with Gasteiger partial charge < -0.3 is 9.47 Å². The fourth-order valence-electron chi connectivity index (χ4n) is 5.87. The highest BCUT2D eigenvalue weighted by atomic mass is 16.5. The molecule has 0 heterocycles. The average Bonchev–Trinajstić information content (AvgIpc) is 3.01. The van der Waals surface area contributed by atoms with E-state index in [-0.39, 0.29) is 0 Å². The Morgan fingerprint density at radius 1 is 0.806 bits per heavy atom. The lowest BCUT2D eigenvalue weighted by atomic mass is 9.76. The molecule has 2 saturated carbocycles. The van der Waals surface area contributed by atoms with Crippen LogP contribution in [0.25, 0.3) is 0 Å². The van der Waals surface area contributed by atoms with E-state index in [2.05, 4.69) is 62.4 Å². The van der Waals surface area contributed by atoms with Crippen LogP contribution in [0, 0.1) is 12.8 Å². The second kappa shape index (κ2) is 10.7. The molecule has 2 aromatic carbocycles. The Bertz CT molecular complexity index is 821. The van der Waals surface area contributed by atoms with Gasteiger partial charge in [0.25, 0.3) is 0 Å². The maximum Gasteiger partial charge on any atom is 0.123 e. The van der Waals surface area contributed by atoms with Gasteiger partial charge in [0, 0.05) is 7.11 Å². The highest BCUT2D eigenvalue weighted by Gasteiger charge is 2.29. The first-order valence-corrected chi connectivity index (χ1v) is 12.5. The van der Waals surface area contributed by atoms with Crippen molar-refractivity contribution in [3.05, 3.63) is 65.2 Å². The van der Waals surface area contributed by atoms with Gasteiger partial charge >= 0.3 is 0 Å². The molecule has 3 atom stereocenters. The van der Waals surface area contributed by atoms with E-state index in [4.69, 9.17) is 9.47 Å². The van der Waals surface area contributed by atoms with Crippen molar-refractivity contribution < 1.29 is 9.47 Å². The molecule has 2 fully saturated rings. The van der Waals surface area contributed by atoms with E-state index in [1.165, 1.54) is 55.2 Å². The number of hydrogen-bond acceptors (Lipinski definition) is 2. The largest absolute Gasteiger partial charge is 0.490 e. The third-order valence-electron chi connectivity index (χ3n) is 7.81. The summed E-state index contributed by atoms with van der Waals surface area (Å²) in [6.45, 7) is 4.51. The molecule has 0 spiro atoms. The van der Waals surface area contributed by atoms with E-state index in [1.807, 2.05) is 7.11 Å². The monoisotopic (exact) mass is 420 g/mol. The van der Waals surface area contributed by atoms with Crippen LogP contribution in [0.3, 0.4) is 0 Å². The lowest BCUT2D eigenvalue weighted by Gasteiger charge is -2.31. The molecule has 0 amide bonds. The van der Waals surface area contributed by atoms with Crippen LogP contribution >= 0.6 is 0 Å². The van der Waals surface area contributed by atoms with E-state index >= 15 is 0 Å². The summed E-state index contributed by atoms with van der Waals surface area (Å²) in [5.41, 5.74) is 4.34. The molecule has 4 rings (SSSR count). The molecule has 2 nitrogen and oxygen atoms in total. The lowest BCUT2D eigenvalue weighted by molar-refractivity contribution is 0.0777. The SMILES string of the molecule is CCC1CC(OC)CCC(Oc2ccccc2C2CCC(c3cccc(C)c3)CC2)C1. The second-order valence-electron chi connectivity index (χ2n) is 9.92. The molecule has 0 N–H and O–H groups in total. The molecule has 31 heavy (non-hydrogen) atoms. The van der Waals surface area contributed by atoms with Crippen molar-refractivity contribution in [1.29, 1.82) is 0 Å².